The molecule has 5 heterocycles. The fraction of sp³-hybridized carbons (Fsp3) is 0.263. The van der Waals surface area contributed by atoms with Gasteiger partial charge in [-0.3, -0.25) is 18.6 Å². The SMILES string of the molecule is Cn1cc(-c2cnc3c(-c4csc(C(=O)NC5CCS(O)(O)C5)c4)cnn3c2)cn1. The van der Waals surface area contributed by atoms with E-state index in [1.807, 2.05) is 30.9 Å². The number of aryl methyl sites for hydroxylation is 1. The lowest BCUT2D eigenvalue weighted by atomic mass is 10.1. The van der Waals surface area contributed by atoms with Crippen LogP contribution in [0.1, 0.15) is 16.1 Å². The van der Waals surface area contributed by atoms with Crippen molar-refractivity contribution in [1.29, 1.82) is 0 Å². The van der Waals surface area contributed by atoms with Crippen LogP contribution in [0.4, 0.5) is 0 Å². The summed E-state index contributed by atoms with van der Waals surface area (Å²) in [6, 6.07) is 1.62. The first kappa shape index (κ1) is 19.2. The van der Waals surface area contributed by atoms with Gasteiger partial charge in [0, 0.05) is 54.1 Å². The van der Waals surface area contributed by atoms with Crippen molar-refractivity contribution in [3.05, 3.63) is 47.3 Å². The molecular weight excluding hydrogens is 424 g/mol. The molecule has 1 amide bonds. The molecule has 0 aromatic carbocycles. The number of carbonyl (C=O) groups excluding carboxylic acids is 1. The molecule has 3 N–H and O–H groups in total. The van der Waals surface area contributed by atoms with Crippen LogP contribution in [0.25, 0.3) is 27.9 Å². The maximum atomic E-state index is 12.6. The van der Waals surface area contributed by atoms with Gasteiger partial charge in [0.05, 0.1) is 23.0 Å². The maximum absolute atomic E-state index is 12.6. The first-order chi connectivity index (χ1) is 14.4. The van der Waals surface area contributed by atoms with Gasteiger partial charge < -0.3 is 5.32 Å². The van der Waals surface area contributed by atoms with Gasteiger partial charge in [-0.25, -0.2) is 9.50 Å². The molecule has 1 saturated heterocycles. The van der Waals surface area contributed by atoms with E-state index in [1.165, 1.54) is 11.3 Å². The van der Waals surface area contributed by atoms with Gasteiger partial charge in [-0.2, -0.15) is 20.8 Å². The van der Waals surface area contributed by atoms with E-state index in [0.29, 0.717) is 22.7 Å². The van der Waals surface area contributed by atoms with Gasteiger partial charge in [0.15, 0.2) is 5.65 Å². The molecule has 4 aromatic heterocycles. The van der Waals surface area contributed by atoms with E-state index in [-0.39, 0.29) is 17.7 Å². The second kappa shape index (κ2) is 7.20. The van der Waals surface area contributed by atoms with Crippen molar-refractivity contribution in [3.63, 3.8) is 0 Å². The molecule has 0 radical (unpaired) electrons. The third-order valence-electron chi connectivity index (χ3n) is 5.13. The number of hydrogen-bond donors (Lipinski definition) is 3. The van der Waals surface area contributed by atoms with Crippen LogP contribution >= 0.6 is 21.9 Å². The van der Waals surface area contributed by atoms with Crippen molar-refractivity contribution in [2.24, 2.45) is 7.05 Å². The predicted octanol–water partition coefficient (Wildman–Crippen LogP) is 3.11. The van der Waals surface area contributed by atoms with E-state index >= 15 is 0 Å². The number of thiophene rings is 1. The first-order valence-corrected chi connectivity index (χ1v) is 12.1. The van der Waals surface area contributed by atoms with Crippen LogP contribution in [0.15, 0.2) is 42.4 Å². The molecule has 0 bridgehead atoms. The van der Waals surface area contributed by atoms with Gasteiger partial charge in [-0.05, 0) is 23.4 Å². The summed E-state index contributed by atoms with van der Waals surface area (Å²) >= 11 is 1.34. The second-order valence-electron chi connectivity index (χ2n) is 7.40. The molecule has 1 fully saturated rings. The highest BCUT2D eigenvalue weighted by atomic mass is 32.3. The van der Waals surface area contributed by atoms with Crippen LogP contribution in [0.2, 0.25) is 0 Å². The molecule has 0 spiro atoms. The fourth-order valence-corrected chi connectivity index (χ4v) is 6.12. The number of amides is 1. The van der Waals surface area contributed by atoms with Gasteiger partial charge in [-0.15, -0.1) is 11.3 Å². The Labute approximate surface area is 177 Å². The van der Waals surface area contributed by atoms with Crippen molar-refractivity contribution in [1.82, 2.24) is 29.7 Å². The maximum Gasteiger partial charge on any atom is 0.261 e. The number of fused-ring (bicyclic) bond motifs is 1. The van der Waals surface area contributed by atoms with Gasteiger partial charge in [0.1, 0.15) is 0 Å². The van der Waals surface area contributed by atoms with E-state index in [2.05, 4.69) is 20.5 Å². The third kappa shape index (κ3) is 3.60. The first-order valence-electron chi connectivity index (χ1n) is 9.34. The second-order valence-corrected chi connectivity index (χ2v) is 10.7. The van der Waals surface area contributed by atoms with Crippen LogP contribution in [0.5, 0.6) is 0 Å². The molecule has 5 rings (SSSR count). The third-order valence-corrected chi connectivity index (χ3v) is 7.88. The summed E-state index contributed by atoms with van der Waals surface area (Å²) in [5.74, 6) is 0.383. The summed E-state index contributed by atoms with van der Waals surface area (Å²) in [5, 5.41) is 13.4. The summed E-state index contributed by atoms with van der Waals surface area (Å²) < 4.78 is 22.9. The van der Waals surface area contributed by atoms with Gasteiger partial charge in [0.25, 0.3) is 5.91 Å². The Morgan fingerprint density at radius 1 is 1.20 bits per heavy atom. The number of nitrogens with one attached hydrogen (secondary N) is 1. The summed E-state index contributed by atoms with van der Waals surface area (Å²) in [6.07, 6.45) is 9.72. The fourth-order valence-electron chi connectivity index (χ4n) is 3.58. The number of carbonyl (C=O) groups is 1. The van der Waals surface area contributed by atoms with Crippen molar-refractivity contribution >= 4 is 33.5 Å². The van der Waals surface area contributed by atoms with Crippen LogP contribution in [-0.2, 0) is 7.05 Å². The Morgan fingerprint density at radius 3 is 2.77 bits per heavy atom. The van der Waals surface area contributed by atoms with E-state index in [1.54, 1.807) is 27.8 Å². The van der Waals surface area contributed by atoms with Crippen molar-refractivity contribution in [2.75, 3.05) is 11.5 Å². The van der Waals surface area contributed by atoms with E-state index in [4.69, 9.17) is 0 Å². The Hall–Kier alpha value is -2.73. The van der Waals surface area contributed by atoms with Crippen molar-refractivity contribution < 1.29 is 13.9 Å². The number of nitrogens with zero attached hydrogens (tertiary/aromatic N) is 5. The molecule has 11 heteroatoms. The minimum atomic E-state index is -2.54. The molecule has 0 saturated carbocycles. The Kier molecular flexibility index (Phi) is 4.62. The molecule has 9 nitrogen and oxygen atoms in total. The summed E-state index contributed by atoms with van der Waals surface area (Å²) in [6.45, 7) is 0. The van der Waals surface area contributed by atoms with Gasteiger partial charge in [0.2, 0.25) is 0 Å². The molecule has 1 aliphatic rings. The smallest absolute Gasteiger partial charge is 0.261 e. The zero-order valence-electron chi connectivity index (χ0n) is 16.1. The molecule has 0 aliphatic carbocycles. The molecule has 1 aliphatic heterocycles. The highest BCUT2D eigenvalue weighted by Gasteiger charge is 2.29. The van der Waals surface area contributed by atoms with Gasteiger partial charge in [-0.1, -0.05) is 0 Å². The Balaban J connectivity index is 1.37. The lowest BCUT2D eigenvalue weighted by Crippen LogP contribution is -2.34. The average molecular weight is 445 g/mol. The van der Waals surface area contributed by atoms with Crippen LogP contribution < -0.4 is 5.32 Å². The molecule has 30 heavy (non-hydrogen) atoms. The molecule has 1 atom stereocenters. The Morgan fingerprint density at radius 2 is 2.03 bits per heavy atom. The quantitative estimate of drug-likeness (QED) is 0.445. The Bertz CT molecular complexity index is 1240. The van der Waals surface area contributed by atoms with E-state index in [9.17, 15) is 13.9 Å². The topological polar surface area (TPSA) is 118 Å². The minimum Gasteiger partial charge on any atom is -0.347 e. The highest BCUT2D eigenvalue weighted by molar-refractivity contribution is 8.24. The highest BCUT2D eigenvalue weighted by Crippen LogP contribution is 2.45. The van der Waals surface area contributed by atoms with E-state index < -0.39 is 10.6 Å². The van der Waals surface area contributed by atoms with Crippen molar-refractivity contribution in [2.45, 2.75) is 12.5 Å². The van der Waals surface area contributed by atoms with Crippen molar-refractivity contribution in [3.8, 4) is 22.3 Å². The van der Waals surface area contributed by atoms with E-state index in [0.717, 1.165) is 22.3 Å². The van der Waals surface area contributed by atoms with Crippen LogP contribution in [0.3, 0.4) is 0 Å². The lowest BCUT2D eigenvalue weighted by Gasteiger charge is -2.25. The summed E-state index contributed by atoms with van der Waals surface area (Å²) in [4.78, 5) is 17.7. The normalized spacial score (nSPS) is 19.2. The molecule has 1 unspecified atom stereocenters. The summed E-state index contributed by atoms with van der Waals surface area (Å²) in [7, 11) is -0.671. The predicted molar refractivity (Wildman–Crippen MR) is 117 cm³/mol. The molecular formula is C19H20N6O3S2. The number of rotatable bonds is 4. The molecule has 4 aromatic rings. The summed E-state index contributed by atoms with van der Waals surface area (Å²) in [5.41, 5.74) is 4.30. The van der Waals surface area contributed by atoms with Crippen LogP contribution in [-0.4, -0.2) is 56.9 Å². The standard InChI is InChI=1S/C19H20N6O3S2/c1-24-8-14(6-21-24)13-5-20-18-16(7-22-25(18)9-13)12-4-17(29-10-12)19(26)23-15-2-3-30(27,28)11-15/h4-10,15,27-28H,2-3,11H2,1H3,(H,23,26). The monoisotopic (exact) mass is 444 g/mol. The average Bonchev–Trinajstić information content (AvgIpc) is 3.47. The zero-order chi connectivity index (χ0) is 20.9. The van der Waals surface area contributed by atoms with Gasteiger partial charge >= 0.3 is 0 Å². The zero-order valence-corrected chi connectivity index (χ0v) is 17.7. The minimum absolute atomic E-state index is 0.197. The molecule has 156 valence electrons. The number of aromatic nitrogens is 5. The number of hydrogen-bond acceptors (Lipinski definition) is 7. The lowest BCUT2D eigenvalue weighted by molar-refractivity contribution is 0.0945. The van der Waals surface area contributed by atoms with Crippen LogP contribution in [0, 0.1) is 0 Å². The largest absolute Gasteiger partial charge is 0.347 e.